The zero-order valence-electron chi connectivity index (χ0n) is 15.7. The third kappa shape index (κ3) is 4.24. The topological polar surface area (TPSA) is 76.7 Å². The van der Waals surface area contributed by atoms with Crippen molar-refractivity contribution < 1.29 is 23.5 Å². The highest BCUT2D eigenvalue weighted by Crippen LogP contribution is 2.44. The summed E-state index contributed by atoms with van der Waals surface area (Å²) in [5.41, 5.74) is 4.62. The molecule has 2 aromatic rings. The van der Waals surface area contributed by atoms with Gasteiger partial charge in [-0.05, 0) is 49.6 Å². The summed E-state index contributed by atoms with van der Waals surface area (Å²) < 4.78 is 24.5. The van der Waals surface area contributed by atoms with Crippen LogP contribution in [0.25, 0.3) is 0 Å². The molecule has 0 spiro atoms. The van der Waals surface area contributed by atoms with Gasteiger partial charge in [-0.3, -0.25) is 20.4 Å². The summed E-state index contributed by atoms with van der Waals surface area (Å²) in [5, 5.41) is 0. The number of hydrogen-bond donors (Lipinski definition) is 2. The first-order valence-corrected chi connectivity index (χ1v) is 9.25. The third-order valence-corrected chi connectivity index (χ3v) is 4.84. The van der Waals surface area contributed by atoms with Crippen LogP contribution < -0.4 is 20.3 Å². The quantitative estimate of drug-likeness (QED) is 0.718. The van der Waals surface area contributed by atoms with Gasteiger partial charge in [0.1, 0.15) is 5.82 Å². The lowest BCUT2D eigenvalue weighted by molar-refractivity contribution is -0.135. The maximum absolute atomic E-state index is 13.6. The van der Waals surface area contributed by atoms with Gasteiger partial charge in [0.05, 0.1) is 12.0 Å². The first kappa shape index (κ1) is 19.7. The fourth-order valence-corrected chi connectivity index (χ4v) is 3.23. The van der Waals surface area contributed by atoms with Crippen molar-refractivity contribution in [1.29, 1.82) is 0 Å². The number of hydrazine groups is 1. The molecule has 0 heterocycles. The lowest BCUT2D eigenvalue weighted by Crippen LogP contribution is -2.55. The average molecular weight is 386 g/mol. The van der Waals surface area contributed by atoms with E-state index >= 15 is 0 Å². The fourth-order valence-electron chi connectivity index (χ4n) is 3.23. The van der Waals surface area contributed by atoms with Crippen molar-refractivity contribution >= 4 is 11.8 Å². The van der Waals surface area contributed by atoms with Crippen molar-refractivity contribution in [2.45, 2.75) is 31.6 Å². The van der Waals surface area contributed by atoms with Gasteiger partial charge in [-0.1, -0.05) is 30.7 Å². The summed E-state index contributed by atoms with van der Waals surface area (Å²) in [6, 6.07) is 13.1. The Bertz CT molecular complexity index is 852. The molecule has 0 saturated heterocycles. The molecule has 0 unspecified atom stereocenters. The molecular formula is C21H23FN2O4. The van der Waals surface area contributed by atoms with Gasteiger partial charge >= 0.3 is 0 Å². The van der Waals surface area contributed by atoms with Gasteiger partial charge in [0, 0.05) is 0 Å². The Balaban J connectivity index is 1.55. The second kappa shape index (κ2) is 8.73. The van der Waals surface area contributed by atoms with E-state index in [9.17, 15) is 14.0 Å². The van der Waals surface area contributed by atoms with Crippen LogP contribution in [-0.4, -0.2) is 25.0 Å². The zero-order chi connectivity index (χ0) is 20.0. The number of ether oxygens (including phenoxy) is 2. The zero-order valence-corrected chi connectivity index (χ0v) is 15.7. The van der Waals surface area contributed by atoms with Crippen LogP contribution in [0.3, 0.4) is 0 Å². The molecule has 28 heavy (non-hydrogen) atoms. The Morgan fingerprint density at radius 3 is 2.36 bits per heavy atom. The van der Waals surface area contributed by atoms with E-state index < -0.39 is 11.3 Å². The van der Waals surface area contributed by atoms with E-state index in [1.54, 1.807) is 30.3 Å². The number of amides is 2. The molecule has 7 heteroatoms. The highest BCUT2D eigenvalue weighted by molar-refractivity contribution is 5.91. The van der Waals surface area contributed by atoms with Gasteiger partial charge in [0.15, 0.2) is 18.1 Å². The maximum Gasteiger partial charge on any atom is 0.276 e. The lowest BCUT2D eigenvalue weighted by Gasteiger charge is -2.40. The number of benzene rings is 2. The molecular weight excluding hydrogens is 363 g/mol. The molecule has 0 radical (unpaired) electrons. The summed E-state index contributed by atoms with van der Waals surface area (Å²) in [6.45, 7) is 2.05. The van der Waals surface area contributed by atoms with Crippen molar-refractivity contribution in [3.8, 4) is 11.5 Å². The number of para-hydroxylation sites is 2. The van der Waals surface area contributed by atoms with E-state index in [2.05, 4.69) is 10.9 Å². The summed E-state index contributed by atoms with van der Waals surface area (Å²) in [7, 11) is 0. The molecule has 148 valence electrons. The van der Waals surface area contributed by atoms with Gasteiger partial charge in [0.2, 0.25) is 5.91 Å². The predicted molar refractivity (Wildman–Crippen MR) is 101 cm³/mol. The minimum absolute atomic E-state index is 0.280. The molecule has 0 aromatic heterocycles. The van der Waals surface area contributed by atoms with Gasteiger partial charge < -0.3 is 9.47 Å². The van der Waals surface area contributed by atoms with Crippen molar-refractivity contribution in [2.24, 2.45) is 0 Å². The SMILES string of the molecule is CCOc1ccccc1OCC(=O)NNC(=O)C1(c2cccc(F)c2)CCC1. The number of carbonyl (C=O) groups is 2. The summed E-state index contributed by atoms with van der Waals surface area (Å²) in [5.74, 6) is -0.259. The molecule has 0 atom stereocenters. The molecule has 0 aliphatic heterocycles. The highest BCUT2D eigenvalue weighted by atomic mass is 19.1. The summed E-state index contributed by atoms with van der Waals surface area (Å²) in [6.07, 6.45) is 2.09. The number of halogens is 1. The maximum atomic E-state index is 13.6. The Hall–Kier alpha value is -3.09. The Morgan fingerprint density at radius 1 is 1.04 bits per heavy atom. The lowest BCUT2D eigenvalue weighted by atomic mass is 9.64. The molecule has 2 N–H and O–H groups in total. The molecule has 1 saturated carbocycles. The largest absolute Gasteiger partial charge is 0.490 e. The van der Waals surface area contributed by atoms with E-state index in [0.717, 1.165) is 6.42 Å². The van der Waals surface area contributed by atoms with E-state index in [1.165, 1.54) is 12.1 Å². The molecule has 2 amide bonds. The number of nitrogens with one attached hydrogen (secondary N) is 2. The molecule has 1 aliphatic carbocycles. The van der Waals surface area contributed by atoms with Gasteiger partial charge in [0.25, 0.3) is 5.91 Å². The van der Waals surface area contributed by atoms with Crippen LogP contribution in [0.1, 0.15) is 31.7 Å². The van der Waals surface area contributed by atoms with Gasteiger partial charge in [-0.2, -0.15) is 0 Å². The molecule has 6 nitrogen and oxygen atoms in total. The van der Waals surface area contributed by atoms with Crippen LogP contribution >= 0.6 is 0 Å². The van der Waals surface area contributed by atoms with Crippen molar-refractivity contribution in [2.75, 3.05) is 13.2 Å². The monoisotopic (exact) mass is 386 g/mol. The highest BCUT2D eigenvalue weighted by Gasteiger charge is 2.46. The fraction of sp³-hybridized carbons (Fsp3) is 0.333. The molecule has 2 aromatic carbocycles. The van der Waals surface area contributed by atoms with Crippen LogP contribution in [0.2, 0.25) is 0 Å². The number of carbonyl (C=O) groups excluding carboxylic acids is 2. The Labute approximate surface area is 163 Å². The van der Waals surface area contributed by atoms with Crippen LogP contribution in [0.5, 0.6) is 11.5 Å². The Kier molecular flexibility index (Phi) is 6.13. The first-order chi connectivity index (χ1) is 13.5. The standard InChI is InChI=1S/C21H23FN2O4/c1-2-27-17-9-3-4-10-18(17)28-14-19(25)23-24-20(26)21(11-6-12-21)15-7-5-8-16(22)13-15/h3-5,7-10,13H,2,6,11-12,14H2,1H3,(H,23,25)(H,24,26). The van der Waals surface area contributed by atoms with Crippen molar-refractivity contribution in [1.82, 2.24) is 10.9 Å². The normalized spacial score (nSPS) is 14.5. The second-order valence-electron chi connectivity index (χ2n) is 6.62. The third-order valence-electron chi connectivity index (χ3n) is 4.84. The van der Waals surface area contributed by atoms with Gasteiger partial charge in [-0.15, -0.1) is 0 Å². The molecule has 3 rings (SSSR count). The smallest absolute Gasteiger partial charge is 0.276 e. The Morgan fingerprint density at radius 2 is 1.75 bits per heavy atom. The van der Waals surface area contributed by atoms with Gasteiger partial charge in [-0.25, -0.2) is 4.39 Å². The second-order valence-corrected chi connectivity index (χ2v) is 6.62. The number of rotatable bonds is 7. The molecule has 0 bridgehead atoms. The minimum atomic E-state index is -0.808. The molecule has 1 aliphatic rings. The van der Waals surface area contributed by atoms with Crippen LogP contribution in [-0.2, 0) is 15.0 Å². The predicted octanol–water partition coefficient (Wildman–Crippen LogP) is 2.87. The average Bonchev–Trinajstić information content (AvgIpc) is 2.65. The first-order valence-electron chi connectivity index (χ1n) is 9.25. The van der Waals surface area contributed by atoms with Crippen molar-refractivity contribution in [3.05, 3.63) is 59.9 Å². The van der Waals surface area contributed by atoms with Crippen LogP contribution in [0.4, 0.5) is 4.39 Å². The van der Waals surface area contributed by atoms with Crippen molar-refractivity contribution in [3.63, 3.8) is 0 Å². The summed E-state index contributed by atoms with van der Waals surface area (Å²) >= 11 is 0. The van der Waals surface area contributed by atoms with E-state index in [4.69, 9.17) is 9.47 Å². The van der Waals surface area contributed by atoms with Crippen LogP contribution in [0.15, 0.2) is 48.5 Å². The summed E-state index contributed by atoms with van der Waals surface area (Å²) in [4.78, 5) is 24.7. The van der Waals surface area contributed by atoms with E-state index in [-0.39, 0.29) is 18.3 Å². The molecule has 1 fully saturated rings. The van der Waals surface area contributed by atoms with E-state index in [1.807, 2.05) is 13.0 Å². The van der Waals surface area contributed by atoms with E-state index in [0.29, 0.717) is 36.5 Å². The number of hydrogen-bond acceptors (Lipinski definition) is 4. The minimum Gasteiger partial charge on any atom is -0.490 e. The van der Waals surface area contributed by atoms with Crippen LogP contribution in [0, 0.1) is 5.82 Å².